The van der Waals surface area contributed by atoms with E-state index in [9.17, 15) is 9.59 Å². The average molecular weight is 564 g/mol. The zero-order valence-electron chi connectivity index (χ0n) is 16.4. The molecule has 1 fully saturated rings. The number of hydrogen-bond donors (Lipinski definition) is 2. The molecule has 1 aromatic heterocycles. The number of rotatable bonds is 5. The molecular formula is C22H13Cl6N3O2. The number of halogens is 6. The van der Waals surface area contributed by atoms with Crippen LogP contribution in [0.5, 0.6) is 0 Å². The van der Waals surface area contributed by atoms with E-state index in [1.165, 1.54) is 18.3 Å². The molecule has 0 saturated heterocycles. The summed E-state index contributed by atoms with van der Waals surface area (Å²) in [6, 6.07) is 12.6. The highest BCUT2D eigenvalue weighted by molar-refractivity contribution is 6.53. The third kappa shape index (κ3) is 5.35. The smallest absolute Gasteiger partial charge is 0.257 e. The quantitative estimate of drug-likeness (QED) is 0.250. The Kier molecular flexibility index (Phi) is 7.02. The van der Waals surface area contributed by atoms with E-state index in [0.29, 0.717) is 32.1 Å². The summed E-state index contributed by atoms with van der Waals surface area (Å²) in [7, 11) is 0. The first-order valence-electron chi connectivity index (χ1n) is 9.43. The zero-order chi connectivity index (χ0) is 23.9. The van der Waals surface area contributed by atoms with E-state index in [-0.39, 0.29) is 10.6 Å². The van der Waals surface area contributed by atoms with Crippen LogP contribution in [0, 0.1) is 5.92 Å². The van der Waals surface area contributed by atoms with Crippen molar-refractivity contribution in [1.82, 2.24) is 4.98 Å². The van der Waals surface area contributed by atoms with Crippen LogP contribution >= 0.6 is 69.6 Å². The Balaban J connectivity index is 1.50. The van der Waals surface area contributed by atoms with Gasteiger partial charge in [0.25, 0.3) is 5.91 Å². The normalized spacial score (nSPS) is 18.5. The summed E-state index contributed by atoms with van der Waals surface area (Å²) >= 11 is 36.9. The summed E-state index contributed by atoms with van der Waals surface area (Å²) in [6.45, 7) is 0. The van der Waals surface area contributed by atoms with Crippen LogP contribution in [0.15, 0.2) is 54.7 Å². The van der Waals surface area contributed by atoms with Crippen molar-refractivity contribution in [3.05, 3.63) is 86.1 Å². The number of carbonyl (C=O) groups excluding carboxylic acids is 2. The second-order valence-corrected chi connectivity index (χ2v) is 10.5. The highest BCUT2D eigenvalue weighted by Crippen LogP contribution is 2.65. The Morgan fingerprint density at radius 1 is 0.848 bits per heavy atom. The summed E-state index contributed by atoms with van der Waals surface area (Å²) in [5.74, 6) is -2.15. The number of amides is 2. The highest BCUT2D eigenvalue weighted by Gasteiger charge is 2.67. The van der Waals surface area contributed by atoms with E-state index in [4.69, 9.17) is 69.6 Å². The van der Waals surface area contributed by atoms with Crippen molar-refractivity contribution in [1.29, 1.82) is 0 Å². The van der Waals surface area contributed by atoms with Gasteiger partial charge < -0.3 is 10.6 Å². The van der Waals surface area contributed by atoms with Crippen LogP contribution in [0.4, 0.5) is 11.4 Å². The van der Waals surface area contributed by atoms with Gasteiger partial charge in [-0.05, 0) is 54.1 Å². The molecular weight excluding hydrogens is 551 g/mol. The molecule has 2 N–H and O–H groups in total. The van der Waals surface area contributed by atoms with Gasteiger partial charge in [0.1, 0.15) is 9.49 Å². The van der Waals surface area contributed by atoms with E-state index < -0.39 is 28.0 Å². The Bertz CT molecular complexity index is 1230. The Labute approximate surface area is 219 Å². The van der Waals surface area contributed by atoms with Crippen LogP contribution in [-0.2, 0) is 4.79 Å². The lowest BCUT2D eigenvalue weighted by molar-refractivity contribution is -0.117. The van der Waals surface area contributed by atoms with Crippen LogP contribution in [0.1, 0.15) is 21.8 Å². The predicted molar refractivity (Wildman–Crippen MR) is 134 cm³/mol. The first kappa shape index (κ1) is 24.4. The van der Waals surface area contributed by atoms with Crippen molar-refractivity contribution in [2.24, 2.45) is 5.92 Å². The third-order valence-electron chi connectivity index (χ3n) is 5.04. The van der Waals surface area contributed by atoms with Gasteiger partial charge in [0.05, 0.1) is 28.4 Å². The molecule has 0 aliphatic heterocycles. The summed E-state index contributed by atoms with van der Waals surface area (Å²) in [5.41, 5.74) is 1.60. The third-order valence-corrected chi connectivity index (χ3v) is 6.97. The molecule has 0 spiro atoms. The number of nitrogens with one attached hydrogen (secondary N) is 2. The van der Waals surface area contributed by atoms with E-state index in [1.54, 1.807) is 36.4 Å². The number of pyridine rings is 1. The van der Waals surface area contributed by atoms with Crippen LogP contribution < -0.4 is 10.6 Å². The van der Waals surface area contributed by atoms with Gasteiger partial charge in [-0.15, -0.1) is 23.2 Å². The number of benzene rings is 2. The fourth-order valence-electron chi connectivity index (χ4n) is 3.47. The van der Waals surface area contributed by atoms with Crippen molar-refractivity contribution in [3.8, 4) is 0 Å². The van der Waals surface area contributed by atoms with Gasteiger partial charge in [0.2, 0.25) is 5.91 Å². The molecule has 1 aliphatic carbocycles. The fourth-order valence-corrected chi connectivity index (χ4v) is 5.15. The molecule has 3 aromatic rings. The van der Waals surface area contributed by atoms with Gasteiger partial charge >= 0.3 is 0 Å². The molecule has 0 bridgehead atoms. The maximum Gasteiger partial charge on any atom is 0.257 e. The van der Waals surface area contributed by atoms with E-state index in [1.807, 2.05) is 0 Å². The van der Waals surface area contributed by atoms with Crippen molar-refractivity contribution in [3.63, 3.8) is 0 Å². The maximum atomic E-state index is 12.9. The molecule has 170 valence electrons. The molecule has 2 amide bonds. The van der Waals surface area contributed by atoms with Gasteiger partial charge in [0, 0.05) is 21.7 Å². The summed E-state index contributed by atoms with van der Waals surface area (Å²) in [4.78, 5) is 29.5. The molecule has 0 radical (unpaired) electrons. The van der Waals surface area contributed by atoms with Crippen molar-refractivity contribution < 1.29 is 9.59 Å². The number of aromatic nitrogens is 1. The molecule has 33 heavy (non-hydrogen) atoms. The molecule has 2 aromatic carbocycles. The molecule has 5 nitrogen and oxygen atoms in total. The first-order valence-corrected chi connectivity index (χ1v) is 11.7. The number of carbonyl (C=O) groups is 2. The van der Waals surface area contributed by atoms with Gasteiger partial charge in [-0.3, -0.25) is 9.59 Å². The Hall–Kier alpha value is -1.73. The van der Waals surface area contributed by atoms with Crippen LogP contribution in [0.3, 0.4) is 0 Å². The zero-order valence-corrected chi connectivity index (χ0v) is 20.9. The molecule has 1 saturated carbocycles. The minimum absolute atomic E-state index is 0.154. The molecule has 2 atom stereocenters. The maximum absolute atomic E-state index is 12.9. The second kappa shape index (κ2) is 9.49. The number of anilines is 2. The number of nitrogens with zero attached hydrogens (tertiary/aromatic N) is 1. The van der Waals surface area contributed by atoms with Crippen LogP contribution in [0.2, 0.25) is 20.2 Å². The van der Waals surface area contributed by atoms with Crippen molar-refractivity contribution >= 4 is 92.8 Å². The van der Waals surface area contributed by atoms with E-state index >= 15 is 0 Å². The lowest BCUT2D eigenvalue weighted by atomic mass is 10.1. The van der Waals surface area contributed by atoms with Gasteiger partial charge in [-0.25, -0.2) is 4.98 Å². The molecule has 11 heteroatoms. The topological polar surface area (TPSA) is 71.1 Å². The summed E-state index contributed by atoms with van der Waals surface area (Å²) < 4.78 is -1.33. The monoisotopic (exact) mass is 561 g/mol. The summed E-state index contributed by atoms with van der Waals surface area (Å²) in [6.07, 6.45) is 1.41. The first-order chi connectivity index (χ1) is 15.6. The minimum Gasteiger partial charge on any atom is -0.326 e. The lowest BCUT2D eigenvalue weighted by Crippen LogP contribution is -2.18. The highest BCUT2D eigenvalue weighted by atomic mass is 35.5. The minimum atomic E-state index is -1.33. The second-order valence-electron chi connectivity index (χ2n) is 7.34. The molecule has 4 rings (SSSR count). The molecule has 1 heterocycles. The fraction of sp³-hybridized carbons (Fsp3) is 0.136. The van der Waals surface area contributed by atoms with Crippen molar-refractivity contribution in [2.75, 3.05) is 10.6 Å². The Morgan fingerprint density at radius 3 is 2.15 bits per heavy atom. The van der Waals surface area contributed by atoms with E-state index in [0.717, 1.165) is 0 Å². The van der Waals surface area contributed by atoms with Gasteiger partial charge in [-0.2, -0.15) is 0 Å². The summed E-state index contributed by atoms with van der Waals surface area (Å²) in [5, 5.41) is 6.74. The Morgan fingerprint density at radius 2 is 1.52 bits per heavy atom. The van der Waals surface area contributed by atoms with Crippen LogP contribution in [0.25, 0.3) is 0 Å². The molecule has 1 aliphatic rings. The number of alkyl halides is 2. The standard InChI is InChI=1S/C22H13Cl6N3O2/c23-11-5-10(6-12(24)7-11)18-19(22(18,27)28)21(33)30-13-1-3-16(25)15(8-13)20(32)31-14-2-4-17(26)29-9-14/h1-9,18-19H,(H,30,33)(H,31,32). The van der Waals surface area contributed by atoms with E-state index in [2.05, 4.69) is 15.6 Å². The SMILES string of the molecule is O=C(Nc1ccc(Cl)nc1)c1cc(NC(=O)C2C(c3cc(Cl)cc(Cl)c3)C2(Cl)Cl)ccc1Cl. The van der Waals surface area contributed by atoms with Gasteiger partial charge in [0.15, 0.2) is 0 Å². The lowest BCUT2D eigenvalue weighted by Gasteiger charge is -2.10. The van der Waals surface area contributed by atoms with Crippen molar-refractivity contribution in [2.45, 2.75) is 10.3 Å². The van der Waals surface area contributed by atoms with Crippen LogP contribution in [-0.4, -0.2) is 21.1 Å². The largest absolute Gasteiger partial charge is 0.326 e. The number of hydrogen-bond acceptors (Lipinski definition) is 3. The predicted octanol–water partition coefficient (Wildman–Crippen LogP) is 7.47. The molecule has 2 unspecified atom stereocenters. The average Bonchev–Trinajstić information content (AvgIpc) is 3.32. The van der Waals surface area contributed by atoms with Gasteiger partial charge in [-0.1, -0.05) is 46.4 Å².